The van der Waals surface area contributed by atoms with Crippen molar-refractivity contribution in [3.63, 3.8) is 0 Å². The number of rotatable bonds is 1. The largest absolute Gasteiger partial charge is 0.0616 e. The van der Waals surface area contributed by atoms with Gasteiger partial charge in [-0.05, 0) is 117 Å². The summed E-state index contributed by atoms with van der Waals surface area (Å²) in [4.78, 5) is 0. The van der Waals surface area contributed by atoms with E-state index in [9.17, 15) is 0 Å². The Morgan fingerprint density at radius 3 is 1.93 bits per heavy atom. The molecule has 0 fully saturated rings. The van der Waals surface area contributed by atoms with E-state index in [2.05, 4.69) is 149 Å². The molecule has 0 N–H and O–H groups in total. The van der Waals surface area contributed by atoms with Crippen LogP contribution in [0.3, 0.4) is 0 Å². The second kappa shape index (κ2) is 7.96. The molecule has 44 heavy (non-hydrogen) atoms. The van der Waals surface area contributed by atoms with Crippen LogP contribution in [0.2, 0.25) is 0 Å². The predicted octanol–water partition coefficient (Wildman–Crippen LogP) is 12.0. The van der Waals surface area contributed by atoms with E-state index in [0.29, 0.717) is 0 Å². The van der Waals surface area contributed by atoms with E-state index < -0.39 is 0 Å². The molecule has 0 heterocycles. The first-order valence-corrected chi connectivity index (χ1v) is 15.9. The molecule has 0 saturated carbocycles. The molecule has 0 aromatic heterocycles. The highest BCUT2D eigenvalue weighted by atomic mass is 14.4. The zero-order valence-corrected chi connectivity index (χ0v) is 25.5. The molecule has 0 bridgehead atoms. The lowest BCUT2D eigenvalue weighted by Crippen LogP contribution is -2.15. The van der Waals surface area contributed by atoms with Crippen molar-refractivity contribution in [3.05, 3.63) is 144 Å². The molecule has 0 spiro atoms. The van der Waals surface area contributed by atoms with Crippen LogP contribution in [0, 0.1) is 0 Å². The van der Waals surface area contributed by atoms with Gasteiger partial charge in [-0.25, -0.2) is 0 Å². The summed E-state index contributed by atoms with van der Waals surface area (Å²) < 4.78 is 0. The number of benzene rings is 8. The molecule has 2 aliphatic rings. The third-order valence-corrected chi connectivity index (χ3v) is 11.2. The van der Waals surface area contributed by atoms with Crippen LogP contribution in [0.1, 0.15) is 49.9 Å². The van der Waals surface area contributed by atoms with Crippen molar-refractivity contribution in [2.24, 2.45) is 0 Å². The fraction of sp³-hybridized carbons (Fsp3) is 0.136. The van der Waals surface area contributed by atoms with E-state index in [4.69, 9.17) is 0 Å². The summed E-state index contributed by atoms with van der Waals surface area (Å²) in [5, 5.41) is 10.8. The first kappa shape index (κ1) is 24.5. The topological polar surface area (TPSA) is 0 Å². The van der Waals surface area contributed by atoms with Crippen LogP contribution in [0.4, 0.5) is 0 Å². The van der Waals surface area contributed by atoms with E-state index in [-0.39, 0.29) is 10.8 Å². The first-order chi connectivity index (χ1) is 21.3. The number of fused-ring (bicyclic) bond motifs is 9. The maximum atomic E-state index is 2.48. The van der Waals surface area contributed by atoms with E-state index in [1.165, 1.54) is 98.7 Å². The molecule has 0 saturated heterocycles. The van der Waals surface area contributed by atoms with Crippen molar-refractivity contribution in [3.8, 4) is 33.4 Å². The van der Waals surface area contributed by atoms with Gasteiger partial charge in [-0.2, -0.15) is 0 Å². The lowest BCUT2D eigenvalue weighted by molar-refractivity contribution is 0.661. The van der Waals surface area contributed by atoms with Crippen LogP contribution in [0.15, 0.2) is 121 Å². The second-order valence-corrected chi connectivity index (χ2v) is 14.1. The van der Waals surface area contributed by atoms with E-state index in [0.717, 1.165) is 0 Å². The van der Waals surface area contributed by atoms with Gasteiger partial charge in [-0.1, -0.05) is 131 Å². The van der Waals surface area contributed by atoms with E-state index in [1.54, 1.807) is 0 Å². The minimum absolute atomic E-state index is 0.0351. The van der Waals surface area contributed by atoms with E-state index >= 15 is 0 Å². The molecule has 0 aliphatic heterocycles. The van der Waals surface area contributed by atoms with Crippen LogP contribution >= 0.6 is 0 Å². The third kappa shape index (κ3) is 2.89. The van der Waals surface area contributed by atoms with Gasteiger partial charge in [0.15, 0.2) is 0 Å². The molecular weight excluding hydrogens is 528 g/mol. The average Bonchev–Trinajstić information content (AvgIpc) is 3.42. The van der Waals surface area contributed by atoms with Crippen molar-refractivity contribution in [2.45, 2.75) is 38.5 Å². The molecule has 8 aromatic carbocycles. The fourth-order valence-corrected chi connectivity index (χ4v) is 8.99. The lowest BCUT2D eigenvalue weighted by atomic mass is 9.79. The first-order valence-electron chi connectivity index (χ1n) is 15.9. The molecule has 0 radical (unpaired) electrons. The number of hydrogen-bond acceptors (Lipinski definition) is 0. The van der Waals surface area contributed by atoms with Crippen molar-refractivity contribution in [1.82, 2.24) is 0 Å². The SMILES string of the molecule is CC1(C)c2cc(-c3ccc4c(c3)-c3ccc5ccccc5c3C4(C)C)ccc2-c2c1cc1ccc3cccc4ccc2c1c34. The van der Waals surface area contributed by atoms with E-state index in [1.807, 2.05) is 0 Å². The minimum atomic E-state index is -0.0879. The smallest absolute Gasteiger partial charge is 0.0165 e. The molecule has 208 valence electrons. The van der Waals surface area contributed by atoms with Gasteiger partial charge in [0, 0.05) is 10.8 Å². The summed E-state index contributed by atoms with van der Waals surface area (Å²) in [5.41, 5.74) is 13.7. The van der Waals surface area contributed by atoms with Gasteiger partial charge in [0.1, 0.15) is 0 Å². The van der Waals surface area contributed by atoms with Crippen molar-refractivity contribution >= 4 is 43.1 Å². The zero-order chi connectivity index (χ0) is 29.5. The summed E-state index contributed by atoms with van der Waals surface area (Å²) >= 11 is 0. The van der Waals surface area contributed by atoms with Crippen LogP contribution in [-0.2, 0) is 10.8 Å². The maximum absolute atomic E-state index is 2.48. The van der Waals surface area contributed by atoms with Crippen molar-refractivity contribution < 1.29 is 0 Å². The predicted molar refractivity (Wildman–Crippen MR) is 188 cm³/mol. The van der Waals surface area contributed by atoms with Gasteiger partial charge in [0.2, 0.25) is 0 Å². The highest BCUT2D eigenvalue weighted by Gasteiger charge is 2.39. The van der Waals surface area contributed by atoms with Crippen LogP contribution in [0.25, 0.3) is 76.5 Å². The Balaban J connectivity index is 1.17. The summed E-state index contributed by atoms with van der Waals surface area (Å²) in [6, 6.07) is 46.3. The molecule has 0 atom stereocenters. The molecular formula is C44H32. The fourth-order valence-electron chi connectivity index (χ4n) is 8.99. The number of hydrogen-bond donors (Lipinski definition) is 0. The molecule has 0 unspecified atom stereocenters. The van der Waals surface area contributed by atoms with Gasteiger partial charge in [0.25, 0.3) is 0 Å². The van der Waals surface area contributed by atoms with Gasteiger partial charge in [0.05, 0.1) is 0 Å². The van der Waals surface area contributed by atoms with Crippen LogP contribution < -0.4 is 0 Å². The summed E-state index contributed by atoms with van der Waals surface area (Å²) in [7, 11) is 0. The lowest BCUT2D eigenvalue weighted by Gasteiger charge is -2.24. The van der Waals surface area contributed by atoms with Crippen LogP contribution in [0.5, 0.6) is 0 Å². The van der Waals surface area contributed by atoms with Gasteiger partial charge in [-0.15, -0.1) is 0 Å². The monoisotopic (exact) mass is 560 g/mol. The minimum Gasteiger partial charge on any atom is -0.0616 e. The van der Waals surface area contributed by atoms with Gasteiger partial charge >= 0.3 is 0 Å². The Kier molecular flexibility index (Phi) is 4.43. The second-order valence-electron chi connectivity index (χ2n) is 14.1. The Hall–Kier alpha value is -4.94. The van der Waals surface area contributed by atoms with Crippen LogP contribution in [-0.4, -0.2) is 0 Å². The van der Waals surface area contributed by atoms with Crippen molar-refractivity contribution in [2.75, 3.05) is 0 Å². The molecule has 2 aliphatic carbocycles. The molecule has 10 rings (SSSR count). The normalized spacial score (nSPS) is 15.6. The summed E-state index contributed by atoms with van der Waals surface area (Å²) in [5.74, 6) is 0. The summed E-state index contributed by atoms with van der Waals surface area (Å²) in [6.45, 7) is 9.59. The highest BCUT2D eigenvalue weighted by molar-refractivity contribution is 6.26. The zero-order valence-electron chi connectivity index (χ0n) is 25.5. The van der Waals surface area contributed by atoms with Gasteiger partial charge < -0.3 is 0 Å². The Morgan fingerprint density at radius 2 is 1.07 bits per heavy atom. The Bertz CT molecular complexity index is 2520. The van der Waals surface area contributed by atoms with Crippen molar-refractivity contribution in [1.29, 1.82) is 0 Å². The average molecular weight is 561 g/mol. The maximum Gasteiger partial charge on any atom is 0.0165 e. The third-order valence-electron chi connectivity index (χ3n) is 11.2. The molecule has 0 nitrogen and oxygen atoms in total. The molecule has 8 aromatic rings. The Morgan fingerprint density at radius 1 is 0.386 bits per heavy atom. The molecule has 0 amide bonds. The summed E-state index contributed by atoms with van der Waals surface area (Å²) in [6.07, 6.45) is 0. The standard InChI is InChI=1S/C44H32/c1-43(2)37-23-29(28-17-21-36-35(22-28)32-18-14-25-8-5-6-11-31(25)42(32)44(36,3)4)16-19-33(37)41-34-20-15-27-10-7-9-26-12-13-30(24-38(41)43)40(34)39(26)27/h5-24H,1-4H3. The quantitative estimate of drug-likeness (QED) is 0.175. The highest BCUT2D eigenvalue weighted by Crippen LogP contribution is 2.55. The Labute approximate surface area is 257 Å². The molecule has 0 heteroatoms. The van der Waals surface area contributed by atoms with Gasteiger partial charge in [-0.3, -0.25) is 0 Å².